The predicted octanol–water partition coefficient (Wildman–Crippen LogP) is 20.2. The van der Waals surface area contributed by atoms with Crippen LogP contribution in [-0.2, 0) is 5.41 Å². The first-order valence-corrected chi connectivity index (χ1v) is 32.8. The average Bonchev–Trinajstić information content (AvgIpc) is 1.29. The Balaban J connectivity index is 1.13. The quantitative estimate of drug-likeness (QED) is 0.0560. The highest BCUT2D eigenvalue weighted by Gasteiger charge is 2.42. The molecule has 16 aromatic rings. The van der Waals surface area contributed by atoms with Crippen LogP contribution in [0, 0.1) is 33.7 Å². The van der Waals surface area contributed by atoms with Gasteiger partial charge in [0, 0.05) is 39.5 Å². The largest absolute Gasteiger partial charge is 0.458 e. The van der Waals surface area contributed by atoms with Gasteiger partial charge in [0.15, 0.2) is 8.07 Å². The van der Waals surface area contributed by atoms with Gasteiger partial charge in [-0.25, -0.2) is 4.98 Å². The smallest absolute Gasteiger partial charge is 0.269 e. The van der Waals surface area contributed by atoms with Crippen LogP contribution < -0.4 is 30.1 Å². The Morgan fingerprint density at radius 2 is 0.990 bits per heavy atom. The van der Waals surface area contributed by atoms with E-state index in [1.54, 1.807) is 18.3 Å². The molecular formula is C92H72N4OSi. The molecule has 0 N–H and O–H groups in total. The average molecular weight is 1320 g/mol. The molecule has 6 heteroatoms. The van der Waals surface area contributed by atoms with Crippen LogP contribution in [0.15, 0.2) is 309 Å². The first-order chi connectivity index (χ1) is 63.9. The number of ether oxygens (including phenoxy) is 1. The second kappa shape index (κ2) is 23.9. The van der Waals surface area contributed by atoms with Crippen LogP contribution in [-0.4, -0.2) is 22.2 Å². The van der Waals surface area contributed by atoms with E-state index in [9.17, 15) is 41.1 Å². The molecule has 0 spiro atoms. The van der Waals surface area contributed by atoms with Gasteiger partial charge in [0.2, 0.25) is 0 Å². The fourth-order valence-electron chi connectivity index (χ4n) is 13.3. The van der Waals surface area contributed by atoms with Crippen LogP contribution in [0.2, 0.25) is 0 Å². The van der Waals surface area contributed by atoms with Gasteiger partial charge in [0.25, 0.3) is 6.33 Å². The van der Waals surface area contributed by atoms with Gasteiger partial charge in [-0.05, 0) is 215 Å². The number of fused-ring (bicyclic) bond motifs is 10. The molecule has 4 heterocycles. The van der Waals surface area contributed by atoms with Crippen LogP contribution in [0.5, 0.6) is 11.5 Å². The molecule has 0 fully saturated rings. The molecule has 5 nitrogen and oxygen atoms in total. The third-order valence-corrected chi connectivity index (χ3v) is 21.6. The molecule has 3 aromatic heterocycles. The van der Waals surface area contributed by atoms with E-state index >= 15 is 0 Å². The Labute approximate surface area is 629 Å². The Morgan fingerprint density at radius 1 is 0.439 bits per heavy atom. The maximum absolute atomic E-state index is 11.2. The van der Waals surface area contributed by atoms with E-state index in [1.165, 1.54) is 28.8 Å². The summed E-state index contributed by atoms with van der Waals surface area (Å²) in [6, 6.07) is 0.111. The number of nitrogens with zero attached hydrogens (tertiary/aromatic N) is 4. The fraction of sp³-hybridized carbons (Fsp3) is 0.0870. The Bertz CT molecular complexity index is 7700. The highest BCUT2D eigenvalue weighted by Crippen LogP contribution is 2.49. The number of para-hydroxylation sites is 1. The van der Waals surface area contributed by atoms with E-state index in [0.717, 1.165) is 87.1 Å². The fourth-order valence-corrected chi connectivity index (χ4v) is 16.8. The van der Waals surface area contributed by atoms with E-state index < -0.39 is 325 Å². The van der Waals surface area contributed by atoms with Crippen molar-refractivity contribution in [3.63, 3.8) is 0 Å². The Kier molecular flexibility index (Phi) is 7.66. The minimum atomic E-state index is -6.71. The van der Waals surface area contributed by atoms with Crippen molar-refractivity contribution in [1.82, 2.24) is 14.1 Å². The molecule has 1 aliphatic heterocycles. The lowest BCUT2D eigenvalue weighted by molar-refractivity contribution is -0.570. The summed E-state index contributed by atoms with van der Waals surface area (Å²) in [4.78, 5) is 4.84. The summed E-state index contributed by atoms with van der Waals surface area (Å²) in [5, 5.41) is -3.31. The lowest BCUT2D eigenvalue weighted by Gasteiger charge is -2.34. The number of benzene rings is 13. The summed E-state index contributed by atoms with van der Waals surface area (Å²) in [6.07, 6.45) is 5.01. The first-order valence-electron chi connectivity index (χ1n) is 50.3. The van der Waals surface area contributed by atoms with Crippen LogP contribution >= 0.6 is 0 Å². The van der Waals surface area contributed by atoms with Crippen molar-refractivity contribution in [2.45, 2.75) is 53.6 Å². The van der Waals surface area contributed by atoms with Crippen LogP contribution in [0.3, 0.4) is 0 Å². The number of pyridine rings is 1. The summed E-state index contributed by atoms with van der Waals surface area (Å²) >= 11 is 0. The molecule has 13 aromatic carbocycles. The number of hydrogen-bond acceptors (Lipinski definition) is 2. The molecule has 0 saturated heterocycles. The summed E-state index contributed by atoms with van der Waals surface area (Å²) in [6.45, 7) is -7.29. The zero-order chi connectivity index (χ0) is 99.9. The van der Waals surface area contributed by atoms with Crippen molar-refractivity contribution in [3.8, 4) is 95.5 Å². The first kappa shape index (κ1) is 31.4. The third-order valence-electron chi connectivity index (χ3n) is 17.6. The zero-order valence-corrected chi connectivity index (χ0v) is 53.1. The van der Waals surface area contributed by atoms with Gasteiger partial charge in [-0.15, -0.1) is 0 Å². The molecule has 0 atom stereocenters. The van der Waals surface area contributed by atoms with Gasteiger partial charge in [-0.1, -0.05) is 251 Å². The molecule has 1 aliphatic rings. The van der Waals surface area contributed by atoms with E-state index in [2.05, 4.69) is 27.1 Å². The van der Waals surface area contributed by atoms with E-state index in [1.807, 2.05) is 47.0 Å². The molecular weight excluding hydrogens is 1210 g/mol. The summed E-state index contributed by atoms with van der Waals surface area (Å²) in [7, 11) is -6.71. The zero-order valence-electron chi connectivity index (χ0n) is 91.1. The van der Waals surface area contributed by atoms with Crippen LogP contribution in [0.25, 0.3) is 117 Å². The summed E-state index contributed by atoms with van der Waals surface area (Å²) in [5.41, 5.74) is -11.4. The van der Waals surface area contributed by atoms with Crippen molar-refractivity contribution in [3.05, 3.63) is 343 Å². The van der Waals surface area contributed by atoms with Crippen molar-refractivity contribution in [2.24, 2.45) is 0 Å². The molecule has 0 saturated carbocycles. The SMILES string of the molecule is [2H]c1c([2H])c([2H])c([Si](c2c([2H])c([2H])c([2H])c([2H])c2[2H])(c2c([2H])c([2H])c([2H])c([2H])c2[2H])c2c([2H])c([2H])c([2H])c(-c3cc4c5c(c3)n(-c3cccc(Oc6ccc7c8ccccc8n(-c8cc(C(C)(C)C)ccn8)c7c6)c3)[c-][n+]5-c3c(-c5c(C([2H])([2H])[2H])cccc5C([2H])([2H])[2H])cc(-c5c(C([2H])([2H])[2H])cccc5C([2H])([2H])[2H])cc3-c3c([2H])c([2H])c([2H])c([2H])c3-c3c([2H])c([2H])c([2H])c([2H])c3-4)c2[2H])c([2H])c1[2H]. The molecule has 0 radical (unpaired) electrons. The van der Waals surface area contributed by atoms with Crippen molar-refractivity contribution in [1.29, 1.82) is 0 Å². The third kappa shape index (κ3) is 9.96. The Morgan fingerprint density at radius 3 is 1.63 bits per heavy atom. The summed E-state index contributed by atoms with van der Waals surface area (Å²) < 4.78 is 387. The molecule has 17 rings (SSSR count). The van der Waals surface area contributed by atoms with Crippen molar-refractivity contribution in [2.75, 3.05) is 0 Å². The number of imidazole rings is 1. The lowest BCUT2D eigenvalue weighted by atomic mass is 9.84. The van der Waals surface area contributed by atoms with Gasteiger partial charge >= 0.3 is 0 Å². The highest BCUT2D eigenvalue weighted by molar-refractivity contribution is 7.20. The minimum absolute atomic E-state index is 0.00987. The topological polar surface area (TPSA) is 35.9 Å². The molecule has 0 aliphatic carbocycles. The van der Waals surface area contributed by atoms with E-state index in [4.69, 9.17) is 22.1 Å². The van der Waals surface area contributed by atoms with Crippen molar-refractivity contribution < 1.29 is 62.8 Å². The summed E-state index contributed by atoms with van der Waals surface area (Å²) in [5.74, 6) is 0.728. The normalized spacial score (nSPS) is 18.2. The lowest BCUT2D eigenvalue weighted by Crippen LogP contribution is -2.74. The highest BCUT2D eigenvalue weighted by atomic mass is 28.3. The van der Waals surface area contributed by atoms with Gasteiger partial charge in [-0.3, -0.25) is 13.7 Å². The minimum Gasteiger partial charge on any atom is -0.458 e. The Hall–Kier alpha value is -11.7. The molecule has 0 bridgehead atoms. The van der Waals surface area contributed by atoms with Crippen LogP contribution in [0.4, 0.5) is 0 Å². The van der Waals surface area contributed by atoms with Crippen molar-refractivity contribution >= 4 is 61.7 Å². The van der Waals surface area contributed by atoms with E-state index in [-0.39, 0.29) is 22.6 Å². The molecule has 470 valence electrons. The maximum atomic E-state index is 11.2. The van der Waals surface area contributed by atoms with Gasteiger partial charge < -0.3 is 4.74 Å². The number of aryl methyl sites for hydroxylation is 4. The molecule has 98 heavy (non-hydrogen) atoms. The van der Waals surface area contributed by atoms with Gasteiger partial charge in [0.05, 0.1) is 70.5 Å². The second-order valence-corrected chi connectivity index (χ2v) is 27.8. The molecule has 0 unspecified atom stereocenters. The maximum Gasteiger partial charge on any atom is 0.269 e. The van der Waals surface area contributed by atoms with Gasteiger partial charge in [-0.2, -0.15) is 0 Å². The van der Waals surface area contributed by atoms with Gasteiger partial charge in [0.1, 0.15) is 17.3 Å². The van der Waals surface area contributed by atoms with E-state index in [0.29, 0.717) is 11.3 Å². The predicted molar refractivity (Wildman–Crippen MR) is 410 cm³/mol. The second-order valence-electron chi connectivity index (χ2n) is 24.3. The number of hydrogen-bond donors (Lipinski definition) is 0. The monoisotopic (exact) mass is 1320 g/mol. The number of aromatic nitrogens is 4. The standard InChI is InChI=1S/C92H72N4OSi/c1-60-27-23-28-61(2)88(60)66-53-81-77-43-19-17-41-75(77)76-42-18-20-44-78(76)82-52-65(64-31-25-40-74(51-64)98(71-34-11-8-12-35-71,72-36-13-9-14-37-72)73-38-15-10-16-39-73)55-86-91(82)95(90(81)83(54-66)89-62(3)29-24-30-63(89)4)59-94(86)68-32-26-33-69(57-68)97-70-47-48-80-79-45-21-22-46-84(79)96(85(80)58-70)87-56-67(49-50-93-87)92(5,6)7/h8-58H,1-7H3/i1D3,2D3,3D3,4D3,8D,9D,10D,11D,12D,13D,14D,15D,16D,17D,18D,19D,20D,25D,31D,34D,35D,36D,37D,38D,39D,40D,41D,42D,43D,44D,51D. The molecule has 0 amide bonds. The number of rotatable bonds is 11. The van der Waals surface area contributed by atoms with Crippen LogP contribution in [0.1, 0.15) is 102 Å².